The first-order valence-electron chi connectivity index (χ1n) is 7.79. The number of nitrogens with one attached hydrogen (secondary N) is 1. The zero-order chi connectivity index (χ0) is 17.4. The molecule has 0 spiro atoms. The zero-order valence-electron chi connectivity index (χ0n) is 13.5. The van der Waals surface area contributed by atoms with E-state index < -0.39 is 18.1 Å². The van der Waals surface area contributed by atoms with E-state index in [-0.39, 0.29) is 13.0 Å². The lowest BCUT2D eigenvalue weighted by Gasteiger charge is -2.18. The van der Waals surface area contributed by atoms with E-state index in [9.17, 15) is 9.59 Å². The molecule has 0 radical (unpaired) electrons. The molecular formula is C17H21N3O4. The Hall–Kier alpha value is -2.83. The van der Waals surface area contributed by atoms with Gasteiger partial charge in [-0.2, -0.15) is 0 Å². The first-order chi connectivity index (χ1) is 11.6. The maximum absolute atomic E-state index is 12.0. The number of carbonyl (C=O) groups excluding carboxylic acids is 1. The summed E-state index contributed by atoms with van der Waals surface area (Å²) in [5.41, 5.74) is 1.51. The van der Waals surface area contributed by atoms with Crippen molar-refractivity contribution in [3.63, 3.8) is 0 Å². The molecule has 1 heterocycles. The van der Waals surface area contributed by atoms with Crippen LogP contribution in [-0.4, -0.2) is 26.7 Å². The maximum Gasteiger partial charge on any atom is 0.408 e. The monoisotopic (exact) mass is 331 g/mol. The Kier molecular flexibility index (Phi) is 6.36. The summed E-state index contributed by atoms with van der Waals surface area (Å²) in [5, 5.41) is 11.7. The van der Waals surface area contributed by atoms with E-state index in [1.54, 1.807) is 12.5 Å². The number of nitrogens with zero attached hydrogens (tertiary/aromatic N) is 2. The van der Waals surface area contributed by atoms with Gasteiger partial charge in [0.15, 0.2) is 0 Å². The van der Waals surface area contributed by atoms with Crippen molar-refractivity contribution >= 4 is 12.1 Å². The fraction of sp³-hybridized carbons (Fsp3) is 0.353. The lowest BCUT2D eigenvalue weighted by Crippen LogP contribution is -2.32. The van der Waals surface area contributed by atoms with E-state index in [0.717, 1.165) is 12.0 Å². The van der Waals surface area contributed by atoms with Crippen molar-refractivity contribution in [2.75, 3.05) is 0 Å². The highest BCUT2D eigenvalue weighted by Gasteiger charge is 2.22. The van der Waals surface area contributed by atoms with Gasteiger partial charge in [0.1, 0.15) is 6.61 Å². The fourth-order valence-corrected chi connectivity index (χ4v) is 2.36. The van der Waals surface area contributed by atoms with E-state index in [1.807, 2.05) is 41.8 Å². The number of carbonyl (C=O) groups is 2. The molecule has 2 aromatic rings. The molecule has 128 valence electrons. The molecule has 1 amide bonds. The van der Waals surface area contributed by atoms with Gasteiger partial charge in [-0.25, -0.2) is 9.78 Å². The minimum atomic E-state index is -1.01. The smallest absolute Gasteiger partial charge is 0.408 e. The van der Waals surface area contributed by atoms with Crippen LogP contribution in [0.3, 0.4) is 0 Å². The molecule has 0 fully saturated rings. The molecule has 0 unspecified atom stereocenters. The van der Waals surface area contributed by atoms with Gasteiger partial charge >= 0.3 is 12.1 Å². The summed E-state index contributed by atoms with van der Waals surface area (Å²) >= 11 is 0. The Morgan fingerprint density at radius 3 is 2.75 bits per heavy atom. The molecule has 1 atom stereocenters. The SMILES string of the molecule is CCCn1cncc1[C@H](CC(=O)O)NC(=O)OCc1ccccc1. The van der Waals surface area contributed by atoms with Crippen LogP contribution >= 0.6 is 0 Å². The number of carboxylic acids is 1. The molecule has 1 aromatic carbocycles. The van der Waals surface area contributed by atoms with Crippen molar-refractivity contribution in [2.24, 2.45) is 0 Å². The van der Waals surface area contributed by atoms with Gasteiger partial charge in [0.25, 0.3) is 0 Å². The summed E-state index contributed by atoms with van der Waals surface area (Å²) in [5.74, 6) is -1.01. The topological polar surface area (TPSA) is 93.5 Å². The molecule has 7 nitrogen and oxygen atoms in total. The summed E-state index contributed by atoms with van der Waals surface area (Å²) in [4.78, 5) is 27.2. The first kappa shape index (κ1) is 17.5. The van der Waals surface area contributed by atoms with Crippen LogP contribution < -0.4 is 5.32 Å². The lowest BCUT2D eigenvalue weighted by atomic mass is 10.1. The Labute approximate surface area is 140 Å². The molecule has 24 heavy (non-hydrogen) atoms. The molecule has 0 aliphatic rings. The van der Waals surface area contributed by atoms with Gasteiger partial charge in [0.2, 0.25) is 0 Å². The predicted molar refractivity (Wildman–Crippen MR) is 87.3 cm³/mol. The van der Waals surface area contributed by atoms with Crippen LogP contribution in [0, 0.1) is 0 Å². The van der Waals surface area contributed by atoms with E-state index >= 15 is 0 Å². The molecule has 0 aliphatic heterocycles. The number of rotatable bonds is 8. The second-order valence-corrected chi connectivity index (χ2v) is 5.37. The van der Waals surface area contributed by atoms with Crippen LogP contribution in [0.5, 0.6) is 0 Å². The fourth-order valence-electron chi connectivity index (χ4n) is 2.36. The number of hydrogen-bond acceptors (Lipinski definition) is 4. The zero-order valence-corrected chi connectivity index (χ0v) is 13.5. The van der Waals surface area contributed by atoms with Crippen LogP contribution in [0.4, 0.5) is 4.79 Å². The molecule has 0 saturated heterocycles. The molecule has 2 rings (SSSR count). The van der Waals surface area contributed by atoms with Crippen LogP contribution in [0.25, 0.3) is 0 Å². The van der Waals surface area contributed by atoms with Crippen molar-refractivity contribution in [1.82, 2.24) is 14.9 Å². The third-order valence-electron chi connectivity index (χ3n) is 3.45. The molecular weight excluding hydrogens is 310 g/mol. The summed E-state index contributed by atoms with van der Waals surface area (Å²) < 4.78 is 7.00. The van der Waals surface area contributed by atoms with Crippen LogP contribution in [0.15, 0.2) is 42.9 Å². The highest BCUT2D eigenvalue weighted by molar-refractivity contribution is 5.71. The minimum Gasteiger partial charge on any atom is -0.481 e. The van der Waals surface area contributed by atoms with Crippen molar-refractivity contribution in [1.29, 1.82) is 0 Å². The highest BCUT2D eigenvalue weighted by atomic mass is 16.5. The van der Waals surface area contributed by atoms with Gasteiger partial charge in [0.05, 0.1) is 30.7 Å². The number of aryl methyl sites for hydroxylation is 1. The summed E-state index contributed by atoms with van der Waals surface area (Å²) in [6.45, 7) is 2.84. The number of amides is 1. The summed E-state index contributed by atoms with van der Waals surface area (Å²) in [7, 11) is 0. The van der Waals surface area contributed by atoms with Crippen molar-refractivity contribution in [3.05, 3.63) is 54.1 Å². The van der Waals surface area contributed by atoms with E-state index in [2.05, 4.69) is 10.3 Å². The van der Waals surface area contributed by atoms with Crippen molar-refractivity contribution in [3.8, 4) is 0 Å². The highest BCUT2D eigenvalue weighted by Crippen LogP contribution is 2.17. The second-order valence-electron chi connectivity index (χ2n) is 5.37. The number of aromatic nitrogens is 2. The molecule has 1 aromatic heterocycles. The number of aliphatic carboxylic acids is 1. The maximum atomic E-state index is 12.0. The molecule has 0 saturated carbocycles. The standard InChI is InChI=1S/C17H21N3O4/c1-2-8-20-12-18-10-15(20)14(9-16(21)22)19-17(23)24-11-13-6-4-3-5-7-13/h3-7,10,12,14H,2,8-9,11H2,1H3,(H,19,23)(H,21,22)/t14-/m0/s1. The van der Waals surface area contributed by atoms with Gasteiger partial charge in [-0.3, -0.25) is 4.79 Å². The van der Waals surface area contributed by atoms with Gasteiger partial charge in [-0.05, 0) is 12.0 Å². The van der Waals surface area contributed by atoms with Gasteiger partial charge < -0.3 is 19.7 Å². The Morgan fingerprint density at radius 2 is 2.08 bits per heavy atom. The summed E-state index contributed by atoms with van der Waals surface area (Å²) in [6, 6.07) is 8.58. The van der Waals surface area contributed by atoms with Gasteiger partial charge in [-0.1, -0.05) is 37.3 Å². The molecule has 7 heteroatoms. The number of alkyl carbamates (subject to hydrolysis) is 1. The van der Waals surface area contributed by atoms with Crippen molar-refractivity contribution in [2.45, 2.75) is 39.0 Å². The van der Waals surface area contributed by atoms with E-state index in [1.165, 1.54) is 0 Å². The quantitative estimate of drug-likeness (QED) is 0.776. The van der Waals surface area contributed by atoms with E-state index in [0.29, 0.717) is 12.2 Å². The minimum absolute atomic E-state index is 0.126. The van der Waals surface area contributed by atoms with Crippen LogP contribution in [0.2, 0.25) is 0 Å². The summed E-state index contributed by atoms with van der Waals surface area (Å²) in [6.07, 6.45) is 3.18. The Morgan fingerprint density at radius 1 is 1.33 bits per heavy atom. The van der Waals surface area contributed by atoms with Crippen molar-refractivity contribution < 1.29 is 19.4 Å². The Balaban J connectivity index is 2.01. The molecule has 0 aliphatic carbocycles. The van der Waals surface area contributed by atoms with Gasteiger partial charge in [0, 0.05) is 6.54 Å². The van der Waals surface area contributed by atoms with E-state index in [4.69, 9.17) is 9.84 Å². The number of carboxylic acid groups (broad SMARTS) is 1. The predicted octanol–water partition coefficient (Wildman–Crippen LogP) is 2.74. The number of benzene rings is 1. The normalized spacial score (nSPS) is 11.7. The van der Waals surface area contributed by atoms with Gasteiger partial charge in [-0.15, -0.1) is 0 Å². The second kappa shape index (κ2) is 8.71. The number of hydrogen-bond donors (Lipinski definition) is 2. The number of ether oxygens (including phenoxy) is 1. The lowest BCUT2D eigenvalue weighted by molar-refractivity contribution is -0.137. The number of imidazole rings is 1. The average molecular weight is 331 g/mol. The third-order valence-corrected chi connectivity index (χ3v) is 3.45. The molecule has 0 bridgehead atoms. The molecule has 2 N–H and O–H groups in total. The average Bonchev–Trinajstić information content (AvgIpc) is 3.01. The van der Waals surface area contributed by atoms with Crippen LogP contribution in [0.1, 0.15) is 37.1 Å². The first-order valence-corrected chi connectivity index (χ1v) is 7.79. The third kappa shape index (κ3) is 5.12. The largest absolute Gasteiger partial charge is 0.481 e. The Bertz CT molecular complexity index is 669. The van der Waals surface area contributed by atoms with Crippen LogP contribution in [-0.2, 0) is 22.7 Å².